The van der Waals surface area contributed by atoms with Crippen LogP contribution in [0.4, 0.5) is 0 Å². The van der Waals surface area contributed by atoms with Gasteiger partial charge < -0.3 is 49.6 Å². The molecule has 30 heavy (non-hydrogen) atoms. The predicted molar refractivity (Wildman–Crippen MR) is 107 cm³/mol. The van der Waals surface area contributed by atoms with E-state index in [2.05, 4.69) is 64.1 Å². The zero-order valence-electron chi connectivity index (χ0n) is 17.7. The van der Waals surface area contributed by atoms with Gasteiger partial charge in [0.25, 0.3) is 0 Å². The number of rotatable bonds is 0. The Bertz CT molecular complexity index is 633. The predicted octanol–water partition coefficient (Wildman–Crippen LogP) is -5.13. The smallest absolute Gasteiger partial charge is 1.00 e. The number of hydrogen-bond acceptors (Lipinski definition) is 0. The first-order valence-electron chi connectivity index (χ1n) is 8.32. The summed E-state index contributed by atoms with van der Waals surface area (Å²) in [6.07, 6.45) is 0. The topological polar surface area (TPSA) is 0 Å². The zero-order valence-corrected chi connectivity index (χ0v) is 25.7. The fourth-order valence-electron chi connectivity index (χ4n) is 1.96. The molecule has 0 saturated carbocycles. The van der Waals surface area contributed by atoms with Crippen LogP contribution in [0.3, 0.4) is 0 Å². The average molecular weight is 641 g/mol. The van der Waals surface area contributed by atoms with Gasteiger partial charge in [-0.3, -0.25) is 0 Å². The van der Waals surface area contributed by atoms with Gasteiger partial charge in [0.2, 0.25) is 0 Å². The molecule has 0 heterocycles. The van der Waals surface area contributed by atoms with E-state index >= 15 is 0 Å². The van der Waals surface area contributed by atoms with Gasteiger partial charge in [-0.05, 0) is 0 Å². The van der Waals surface area contributed by atoms with Gasteiger partial charge in [-0.2, -0.15) is 71.3 Å². The fourth-order valence-corrected chi connectivity index (χ4v) is 1.96. The Labute approximate surface area is 246 Å². The van der Waals surface area contributed by atoms with Crippen molar-refractivity contribution < 1.29 is 102 Å². The number of halogens is 4. The van der Waals surface area contributed by atoms with E-state index in [1.54, 1.807) is 0 Å². The van der Waals surface area contributed by atoms with E-state index in [9.17, 15) is 0 Å². The third-order valence-corrected chi connectivity index (χ3v) is 3.49. The van der Waals surface area contributed by atoms with Crippen LogP contribution >= 0.6 is 0 Å². The zero-order chi connectivity index (χ0) is 17.6. The summed E-state index contributed by atoms with van der Waals surface area (Å²) < 4.78 is 0. The van der Waals surface area contributed by atoms with Crippen LogP contribution in [0.1, 0.15) is 22.3 Å². The van der Waals surface area contributed by atoms with Gasteiger partial charge >= 0.3 is 52.4 Å². The fraction of sp³-hybridized carbons (Fsp3) is 0.167. The van der Waals surface area contributed by atoms with Crippen molar-refractivity contribution >= 4 is 0 Å². The van der Waals surface area contributed by atoms with Crippen molar-refractivity contribution in [1.29, 1.82) is 0 Å². The third kappa shape index (κ3) is 24.6. The standard InChI is InChI=1S/2C7H9.2C5H5.4ClH.2Zr/c1-6-3-4-7(2)5-6;1-6-4-3-5-7(6)2;2*1-2-4-5-3-1;;;;;;/h2*3-5H,1-2H3;2*1-5H;4*1H;;/q4*-1;;;;;2*+4/p-4. The van der Waals surface area contributed by atoms with Gasteiger partial charge in [-0.15, -0.1) is 0 Å². The molecule has 6 heteroatoms. The van der Waals surface area contributed by atoms with E-state index in [4.69, 9.17) is 0 Å². The molecule has 0 amide bonds. The van der Waals surface area contributed by atoms with Gasteiger partial charge in [0.05, 0.1) is 0 Å². The molecule has 0 fully saturated rings. The van der Waals surface area contributed by atoms with Crippen LogP contribution in [-0.4, -0.2) is 0 Å². The van der Waals surface area contributed by atoms with E-state index in [-0.39, 0.29) is 102 Å². The molecule has 0 saturated heterocycles. The van der Waals surface area contributed by atoms with E-state index in [1.807, 2.05) is 60.7 Å². The molecule has 0 spiro atoms. The van der Waals surface area contributed by atoms with Gasteiger partial charge in [-0.1, -0.05) is 27.7 Å². The maximum absolute atomic E-state index is 2.17. The first kappa shape index (κ1) is 44.1. The number of aryl methyl sites for hydroxylation is 4. The maximum Gasteiger partial charge on any atom is 4.00 e. The van der Waals surface area contributed by atoms with Crippen LogP contribution in [0.5, 0.6) is 0 Å². The molecule has 0 aliphatic carbocycles. The summed E-state index contributed by atoms with van der Waals surface area (Å²) in [4.78, 5) is 0. The van der Waals surface area contributed by atoms with E-state index in [0.29, 0.717) is 0 Å². The van der Waals surface area contributed by atoms with E-state index in [0.717, 1.165) is 0 Å². The van der Waals surface area contributed by atoms with E-state index < -0.39 is 0 Å². The molecule has 4 aromatic rings. The van der Waals surface area contributed by atoms with Crippen LogP contribution in [0.15, 0.2) is 97.1 Å². The second kappa shape index (κ2) is 29.3. The van der Waals surface area contributed by atoms with Crippen molar-refractivity contribution in [1.82, 2.24) is 0 Å². The summed E-state index contributed by atoms with van der Waals surface area (Å²) >= 11 is 0. The van der Waals surface area contributed by atoms with Crippen molar-refractivity contribution in [3.8, 4) is 0 Å². The second-order valence-corrected chi connectivity index (χ2v) is 5.78. The Hall–Kier alpha value is 0.326. The van der Waals surface area contributed by atoms with Crippen molar-refractivity contribution in [3.05, 3.63) is 119 Å². The molecule has 0 aliphatic rings. The summed E-state index contributed by atoms with van der Waals surface area (Å²) in [5.41, 5.74) is 5.50. The minimum Gasteiger partial charge on any atom is -1.00 e. The molecule has 0 nitrogen and oxygen atoms in total. The van der Waals surface area contributed by atoms with Crippen LogP contribution in [0, 0.1) is 27.7 Å². The van der Waals surface area contributed by atoms with Crippen molar-refractivity contribution in [2.75, 3.05) is 0 Å². The van der Waals surface area contributed by atoms with Gasteiger partial charge in [0.1, 0.15) is 0 Å². The van der Waals surface area contributed by atoms with Crippen molar-refractivity contribution in [2.24, 2.45) is 0 Å². The molecule has 0 radical (unpaired) electrons. The summed E-state index contributed by atoms with van der Waals surface area (Å²) in [5.74, 6) is 0. The molecular weight excluding hydrogens is 613 g/mol. The molecule has 0 N–H and O–H groups in total. The SMILES string of the molecule is Cc1cc[c-](C)c1.Cc1ccc[c-]1C.[Cl-].[Cl-].[Cl-].[Cl-].[Zr+4].[Zr+4].c1cc[cH-]c1.c1cc[cH-]c1. The van der Waals surface area contributed by atoms with Gasteiger partial charge in [-0.25, -0.2) is 48.0 Å². The summed E-state index contributed by atoms with van der Waals surface area (Å²) in [6.45, 7) is 8.45. The molecule has 0 unspecified atom stereocenters. The molecule has 160 valence electrons. The minimum atomic E-state index is 0. The molecule has 0 bridgehead atoms. The Balaban J connectivity index is -0.0000000605. The molecular formula is C24H28Cl4Zr2. The van der Waals surface area contributed by atoms with Gasteiger partial charge in [0, 0.05) is 0 Å². The molecule has 4 aromatic carbocycles. The first-order chi connectivity index (χ1) is 11.6. The van der Waals surface area contributed by atoms with Crippen LogP contribution < -0.4 is 49.6 Å². The Kier molecular flexibility index (Phi) is 43.1. The van der Waals surface area contributed by atoms with Crippen LogP contribution in [0.2, 0.25) is 0 Å². The Morgan fingerprint density at radius 1 is 0.633 bits per heavy atom. The Morgan fingerprint density at radius 3 is 1.17 bits per heavy atom. The molecule has 0 atom stereocenters. The summed E-state index contributed by atoms with van der Waals surface area (Å²) in [5, 5.41) is 0. The second-order valence-electron chi connectivity index (χ2n) is 5.78. The summed E-state index contributed by atoms with van der Waals surface area (Å²) in [7, 11) is 0. The monoisotopic (exact) mass is 636 g/mol. The summed E-state index contributed by atoms with van der Waals surface area (Å²) in [6, 6.07) is 32.7. The minimum absolute atomic E-state index is 0. The van der Waals surface area contributed by atoms with Crippen LogP contribution in [-0.2, 0) is 52.4 Å². The maximum atomic E-state index is 2.17. The normalized spacial score (nSPS) is 7.07. The largest absolute Gasteiger partial charge is 4.00 e. The number of hydrogen-bond donors (Lipinski definition) is 0. The molecule has 0 aliphatic heterocycles. The van der Waals surface area contributed by atoms with Crippen molar-refractivity contribution in [2.45, 2.75) is 27.7 Å². The van der Waals surface area contributed by atoms with E-state index in [1.165, 1.54) is 22.3 Å². The van der Waals surface area contributed by atoms with Gasteiger partial charge in [0.15, 0.2) is 0 Å². The quantitative estimate of drug-likeness (QED) is 0.169. The molecule has 4 rings (SSSR count). The Morgan fingerprint density at radius 2 is 1.07 bits per heavy atom. The third-order valence-electron chi connectivity index (χ3n) is 3.49. The average Bonchev–Trinajstić information content (AvgIpc) is 3.34. The first-order valence-corrected chi connectivity index (χ1v) is 8.32. The van der Waals surface area contributed by atoms with Crippen molar-refractivity contribution in [3.63, 3.8) is 0 Å². The van der Waals surface area contributed by atoms with Crippen LogP contribution in [0.25, 0.3) is 0 Å². The molecule has 0 aromatic heterocycles.